The van der Waals surface area contributed by atoms with Crippen molar-refractivity contribution in [1.82, 2.24) is 14.1 Å². The Bertz CT molecular complexity index is 826. The number of sulfonamides is 1. The predicted molar refractivity (Wildman–Crippen MR) is 114 cm³/mol. The van der Waals surface area contributed by atoms with Crippen LogP contribution in [0.25, 0.3) is 0 Å². The first kappa shape index (κ1) is 23.9. The number of hydrogen-bond acceptors (Lipinski definition) is 7. The van der Waals surface area contributed by atoms with Gasteiger partial charge in [-0.05, 0) is 26.2 Å². The van der Waals surface area contributed by atoms with Gasteiger partial charge in [-0.1, -0.05) is 13.8 Å². The van der Waals surface area contributed by atoms with E-state index in [-0.39, 0.29) is 61.1 Å². The monoisotopic (exact) mass is 465 g/mol. The van der Waals surface area contributed by atoms with Gasteiger partial charge in [0.05, 0.1) is 35.0 Å². The van der Waals surface area contributed by atoms with E-state index in [1.807, 2.05) is 27.7 Å². The molecule has 0 aromatic rings. The molecule has 0 spiro atoms. The maximum absolute atomic E-state index is 13.3. The van der Waals surface area contributed by atoms with Crippen molar-refractivity contribution in [3.63, 3.8) is 0 Å². The molecule has 1 amide bonds. The van der Waals surface area contributed by atoms with Gasteiger partial charge in [-0.25, -0.2) is 16.8 Å². The molecule has 0 aliphatic carbocycles. The maximum Gasteiger partial charge on any atom is 0.240 e. The van der Waals surface area contributed by atoms with Gasteiger partial charge in [0, 0.05) is 39.3 Å². The Morgan fingerprint density at radius 3 is 2.07 bits per heavy atom. The van der Waals surface area contributed by atoms with E-state index in [4.69, 9.17) is 4.74 Å². The van der Waals surface area contributed by atoms with E-state index in [9.17, 15) is 21.6 Å². The van der Waals surface area contributed by atoms with Gasteiger partial charge in [-0.3, -0.25) is 9.69 Å². The van der Waals surface area contributed by atoms with Crippen LogP contribution < -0.4 is 0 Å². The van der Waals surface area contributed by atoms with E-state index in [1.165, 1.54) is 4.31 Å². The summed E-state index contributed by atoms with van der Waals surface area (Å²) in [6.45, 7) is 10.6. The average molecular weight is 466 g/mol. The lowest BCUT2D eigenvalue weighted by atomic mass is 9.98. The molecule has 0 saturated carbocycles. The third-order valence-electron chi connectivity index (χ3n) is 6.25. The zero-order chi connectivity index (χ0) is 22.3. The summed E-state index contributed by atoms with van der Waals surface area (Å²) in [6.07, 6.45) is 0.284. The van der Waals surface area contributed by atoms with Gasteiger partial charge >= 0.3 is 0 Å². The highest BCUT2D eigenvalue weighted by molar-refractivity contribution is 7.95. The number of piperazine rings is 1. The molecule has 0 bridgehead atoms. The lowest BCUT2D eigenvalue weighted by Gasteiger charge is -2.44. The van der Waals surface area contributed by atoms with E-state index in [0.717, 1.165) is 0 Å². The number of rotatable bonds is 5. The Morgan fingerprint density at radius 1 is 1.03 bits per heavy atom. The average Bonchev–Trinajstić information content (AvgIpc) is 3.01. The Hall–Kier alpha value is -0.750. The number of ether oxygens (including phenoxy) is 1. The van der Waals surface area contributed by atoms with Crippen molar-refractivity contribution in [3.8, 4) is 0 Å². The first-order valence-electron chi connectivity index (χ1n) is 10.8. The molecule has 174 valence electrons. The number of carbonyl (C=O) groups is 1. The minimum atomic E-state index is -3.66. The van der Waals surface area contributed by atoms with Crippen molar-refractivity contribution in [2.24, 2.45) is 5.92 Å². The fraction of sp³-hybridized carbons (Fsp3) is 0.947. The second-order valence-electron chi connectivity index (χ2n) is 9.19. The Labute approximate surface area is 180 Å². The van der Waals surface area contributed by atoms with E-state index in [1.54, 1.807) is 4.90 Å². The molecule has 9 nitrogen and oxygen atoms in total. The quantitative estimate of drug-likeness (QED) is 0.553. The highest BCUT2D eigenvalue weighted by Crippen LogP contribution is 2.25. The lowest BCUT2D eigenvalue weighted by molar-refractivity contribution is -0.146. The highest BCUT2D eigenvalue weighted by atomic mass is 32.2. The Kier molecular flexibility index (Phi) is 7.18. The molecule has 4 atom stereocenters. The Morgan fingerprint density at radius 2 is 1.60 bits per heavy atom. The number of carbonyl (C=O) groups excluding carboxylic acids is 1. The summed E-state index contributed by atoms with van der Waals surface area (Å²) in [4.78, 5) is 17.3. The van der Waals surface area contributed by atoms with E-state index in [2.05, 4.69) is 4.90 Å². The highest BCUT2D eigenvalue weighted by Gasteiger charge is 2.43. The summed E-state index contributed by atoms with van der Waals surface area (Å²) in [6, 6.07) is -0.262. The smallest absolute Gasteiger partial charge is 0.240 e. The summed E-state index contributed by atoms with van der Waals surface area (Å²) in [7, 11) is -6.93. The number of sulfone groups is 1. The number of morpholine rings is 1. The molecule has 3 rings (SSSR count). The fourth-order valence-electron chi connectivity index (χ4n) is 4.86. The second kappa shape index (κ2) is 9.01. The van der Waals surface area contributed by atoms with E-state index in [0.29, 0.717) is 26.2 Å². The zero-order valence-corrected chi connectivity index (χ0v) is 20.0. The van der Waals surface area contributed by atoms with Gasteiger partial charge in [0.25, 0.3) is 0 Å². The molecule has 3 fully saturated rings. The van der Waals surface area contributed by atoms with Gasteiger partial charge < -0.3 is 9.64 Å². The molecular weight excluding hydrogens is 430 g/mol. The molecule has 30 heavy (non-hydrogen) atoms. The van der Waals surface area contributed by atoms with Crippen LogP contribution in [0.2, 0.25) is 0 Å². The largest absolute Gasteiger partial charge is 0.373 e. The predicted octanol–water partition coefficient (Wildman–Crippen LogP) is -0.219. The molecule has 3 aliphatic rings. The van der Waals surface area contributed by atoms with Crippen molar-refractivity contribution in [2.45, 2.75) is 57.6 Å². The minimum absolute atomic E-state index is 0.0341. The third kappa shape index (κ3) is 5.17. The van der Waals surface area contributed by atoms with Crippen LogP contribution in [0.1, 0.15) is 34.1 Å². The Balaban J connectivity index is 1.64. The molecule has 4 unspecified atom stereocenters. The van der Waals surface area contributed by atoms with Crippen molar-refractivity contribution in [3.05, 3.63) is 0 Å². The van der Waals surface area contributed by atoms with Crippen LogP contribution in [0.5, 0.6) is 0 Å². The normalized spacial score (nSPS) is 32.4. The maximum atomic E-state index is 13.3. The third-order valence-corrected chi connectivity index (χ3v) is 10.6. The number of amides is 1. The van der Waals surface area contributed by atoms with Crippen LogP contribution in [0.15, 0.2) is 0 Å². The van der Waals surface area contributed by atoms with Crippen molar-refractivity contribution in [1.29, 1.82) is 0 Å². The summed E-state index contributed by atoms with van der Waals surface area (Å²) in [5.74, 6) is -0.203. The first-order chi connectivity index (χ1) is 13.9. The SMILES string of the molecule is CC1CN(C(C(=O)N2CCN(S(=O)(=O)C3CCS(=O)(=O)C3)CC2)C(C)C)CC(C)O1. The molecule has 0 N–H and O–H groups in total. The fourth-order valence-corrected chi connectivity index (χ4v) is 9.38. The van der Waals surface area contributed by atoms with Gasteiger partial charge in [-0.15, -0.1) is 0 Å². The van der Waals surface area contributed by atoms with Gasteiger partial charge in [0.1, 0.15) is 0 Å². The van der Waals surface area contributed by atoms with Crippen LogP contribution in [0.4, 0.5) is 0 Å². The lowest BCUT2D eigenvalue weighted by Crippen LogP contribution is -2.60. The summed E-state index contributed by atoms with van der Waals surface area (Å²) in [5, 5.41) is -0.857. The summed E-state index contributed by atoms with van der Waals surface area (Å²) < 4.78 is 56.3. The molecule has 0 aromatic heterocycles. The molecule has 3 heterocycles. The molecule has 0 aromatic carbocycles. The minimum Gasteiger partial charge on any atom is -0.373 e. The summed E-state index contributed by atoms with van der Waals surface area (Å²) in [5.41, 5.74) is 0. The van der Waals surface area contributed by atoms with E-state index >= 15 is 0 Å². The van der Waals surface area contributed by atoms with Crippen LogP contribution in [0.3, 0.4) is 0 Å². The van der Waals surface area contributed by atoms with Crippen molar-refractivity contribution >= 4 is 25.8 Å². The molecule has 3 aliphatic heterocycles. The first-order valence-corrected chi connectivity index (χ1v) is 14.1. The zero-order valence-electron chi connectivity index (χ0n) is 18.4. The number of hydrogen-bond donors (Lipinski definition) is 0. The van der Waals surface area contributed by atoms with Gasteiger partial charge in [0.15, 0.2) is 9.84 Å². The van der Waals surface area contributed by atoms with Gasteiger partial charge in [-0.2, -0.15) is 4.31 Å². The van der Waals surface area contributed by atoms with Crippen molar-refractivity contribution < 1.29 is 26.4 Å². The van der Waals surface area contributed by atoms with E-state index < -0.39 is 25.1 Å². The number of nitrogens with zero attached hydrogens (tertiary/aromatic N) is 3. The molecular formula is C19H35N3O6S2. The van der Waals surface area contributed by atoms with Crippen LogP contribution in [-0.4, -0.2) is 111 Å². The molecule has 0 radical (unpaired) electrons. The topological polar surface area (TPSA) is 104 Å². The summed E-state index contributed by atoms with van der Waals surface area (Å²) >= 11 is 0. The van der Waals surface area contributed by atoms with Crippen LogP contribution in [-0.2, 0) is 29.4 Å². The second-order valence-corrected chi connectivity index (χ2v) is 13.6. The van der Waals surface area contributed by atoms with Crippen LogP contribution >= 0.6 is 0 Å². The standard InChI is InChI=1S/C19H35N3O6S2/c1-14(2)18(21-11-15(3)28-16(4)12-21)19(23)20-6-8-22(9-7-20)30(26,27)17-5-10-29(24,25)13-17/h14-18H,5-13H2,1-4H3. The van der Waals surface area contributed by atoms with Crippen molar-refractivity contribution in [2.75, 3.05) is 50.8 Å². The van der Waals surface area contributed by atoms with Gasteiger partial charge in [0.2, 0.25) is 15.9 Å². The molecule has 3 saturated heterocycles. The van der Waals surface area contributed by atoms with Crippen LogP contribution in [0, 0.1) is 5.92 Å². The molecule has 11 heteroatoms.